The summed E-state index contributed by atoms with van der Waals surface area (Å²) >= 11 is 0. The van der Waals surface area contributed by atoms with Crippen molar-refractivity contribution in [1.29, 1.82) is 0 Å². The van der Waals surface area contributed by atoms with Crippen molar-refractivity contribution in [3.8, 4) is 11.1 Å². The monoisotopic (exact) mass is 364 g/mol. The van der Waals surface area contributed by atoms with Crippen molar-refractivity contribution in [3.63, 3.8) is 0 Å². The van der Waals surface area contributed by atoms with Gasteiger partial charge in [-0.2, -0.15) is 0 Å². The maximum absolute atomic E-state index is 14.3. The van der Waals surface area contributed by atoms with Gasteiger partial charge in [0.25, 0.3) is 0 Å². The number of pyridine rings is 1. The average molecular weight is 364 g/mol. The van der Waals surface area contributed by atoms with Gasteiger partial charge in [0.05, 0.1) is 5.69 Å². The highest BCUT2D eigenvalue weighted by Crippen LogP contribution is 2.38. The lowest BCUT2D eigenvalue weighted by molar-refractivity contribution is -0.110. The van der Waals surface area contributed by atoms with Gasteiger partial charge in [0, 0.05) is 35.2 Å². The van der Waals surface area contributed by atoms with Crippen molar-refractivity contribution in [2.75, 3.05) is 0 Å². The van der Waals surface area contributed by atoms with Gasteiger partial charge in [0.2, 0.25) is 0 Å². The quantitative estimate of drug-likeness (QED) is 0.810. The third-order valence-electron chi connectivity index (χ3n) is 4.50. The van der Waals surface area contributed by atoms with E-state index in [2.05, 4.69) is 4.98 Å². The van der Waals surface area contributed by atoms with Gasteiger partial charge in [-0.1, -0.05) is 0 Å². The van der Waals surface area contributed by atoms with Gasteiger partial charge >= 0.3 is 0 Å². The predicted octanol–water partition coefficient (Wildman–Crippen LogP) is 4.50. The van der Waals surface area contributed by atoms with Crippen LogP contribution in [0.4, 0.5) is 8.78 Å². The van der Waals surface area contributed by atoms with E-state index < -0.39 is 11.6 Å². The molecule has 6 heteroatoms. The van der Waals surface area contributed by atoms with Crippen LogP contribution in [-0.4, -0.2) is 21.0 Å². The maximum Gasteiger partial charge on any atom is 0.178 e. The molecule has 0 amide bonds. The highest BCUT2D eigenvalue weighted by atomic mass is 19.1. The molecule has 0 saturated carbocycles. The van der Waals surface area contributed by atoms with Gasteiger partial charge in [0.15, 0.2) is 5.78 Å². The molecular formula is C21H14F2N2O2. The number of hydrogen-bond acceptors (Lipinski definition) is 4. The van der Waals surface area contributed by atoms with E-state index in [1.54, 1.807) is 25.1 Å². The van der Waals surface area contributed by atoms with E-state index in [0.29, 0.717) is 33.7 Å². The van der Waals surface area contributed by atoms with Crippen LogP contribution in [0.2, 0.25) is 0 Å². The van der Waals surface area contributed by atoms with Gasteiger partial charge in [-0.25, -0.2) is 13.8 Å². The van der Waals surface area contributed by atoms with Crippen LogP contribution in [0.3, 0.4) is 0 Å². The number of benzene rings is 1. The molecule has 2 aliphatic rings. The Morgan fingerprint density at radius 3 is 2.63 bits per heavy atom. The number of fused-ring (bicyclic) bond motifs is 1. The molecule has 4 nitrogen and oxygen atoms in total. The summed E-state index contributed by atoms with van der Waals surface area (Å²) in [6, 6.07) is 5.03. The number of rotatable bonds is 1. The minimum absolute atomic E-state index is 0.136. The number of hydroxylamine groups is 2. The van der Waals surface area contributed by atoms with Gasteiger partial charge in [-0.3, -0.25) is 15.0 Å². The van der Waals surface area contributed by atoms with E-state index in [4.69, 9.17) is 0 Å². The Hall–Kier alpha value is -3.38. The molecule has 0 radical (unpaired) electrons. The summed E-state index contributed by atoms with van der Waals surface area (Å²) in [6.07, 6.45) is 9.03. The summed E-state index contributed by atoms with van der Waals surface area (Å²) in [5.74, 6) is -1.48. The number of nitrogens with zero attached hydrogens (tertiary/aromatic N) is 2. The topological polar surface area (TPSA) is 53.4 Å². The number of hydrogen-bond donors (Lipinski definition) is 1. The first-order chi connectivity index (χ1) is 13.0. The average Bonchev–Trinajstić information content (AvgIpc) is 2.62. The van der Waals surface area contributed by atoms with E-state index in [9.17, 15) is 18.8 Å². The molecule has 1 N–H and O–H groups in total. The fourth-order valence-corrected chi connectivity index (χ4v) is 3.25. The second-order valence-corrected chi connectivity index (χ2v) is 6.23. The second-order valence-electron chi connectivity index (χ2n) is 6.23. The largest absolute Gasteiger partial charge is 0.290 e. The van der Waals surface area contributed by atoms with Crippen LogP contribution in [0.1, 0.15) is 18.2 Å². The molecule has 0 saturated heterocycles. The van der Waals surface area contributed by atoms with Crippen molar-refractivity contribution in [1.82, 2.24) is 10.0 Å². The number of aromatic nitrogens is 1. The number of carbonyl (C=O) groups excluding carboxylic acids is 1. The second kappa shape index (κ2) is 6.41. The fraction of sp³-hybridized carbons (Fsp3) is 0.0476. The SMILES string of the molecule is CC1=CC(=O)C=C/C1=C1\c2nccc(-c3ccc(F)cc3F)c2C=CN1O. The molecule has 0 atom stereocenters. The zero-order valence-electron chi connectivity index (χ0n) is 14.3. The van der Waals surface area contributed by atoms with Gasteiger partial charge in [0.1, 0.15) is 17.3 Å². The standard InChI is InChI=1S/C21H14F2N2O2/c1-12-10-14(26)3-5-15(12)21-20-18(7-9-25(21)27)16(6-8-24-20)17-4-2-13(22)11-19(17)23/h2-11,27H,1H3/b21-15-. The molecule has 134 valence electrons. The third kappa shape index (κ3) is 2.90. The number of allylic oxidation sites excluding steroid dienone is 5. The molecule has 27 heavy (non-hydrogen) atoms. The van der Waals surface area contributed by atoms with Crippen LogP contribution < -0.4 is 0 Å². The highest BCUT2D eigenvalue weighted by Gasteiger charge is 2.25. The lowest BCUT2D eigenvalue weighted by Gasteiger charge is -2.26. The molecule has 2 heterocycles. The predicted molar refractivity (Wildman–Crippen MR) is 97.1 cm³/mol. The smallest absolute Gasteiger partial charge is 0.178 e. The van der Waals surface area contributed by atoms with Crippen LogP contribution in [0.25, 0.3) is 22.9 Å². The summed E-state index contributed by atoms with van der Waals surface area (Å²) < 4.78 is 27.6. The van der Waals surface area contributed by atoms with Crippen LogP contribution in [0.15, 0.2) is 66.0 Å². The lowest BCUT2D eigenvalue weighted by Crippen LogP contribution is -2.19. The molecule has 4 rings (SSSR count). The molecular weight excluding hydrogens is 350 g/mol. The lowest BCUT2D eigenvalue weighted by atomic mass is 9.91. The molecule has 0 unspecified atom stereocenters. The normalized spacial score (nSPS) is 18.6. The Morgan fingerprint density at radius 1 is 1.07 bits per heavy atom. The van der Waals surface area contributed by atoms with Crippen molar-refractivity contribution in [2.45, 2.75) is 6.92 Å². The zero-order chi connectivity index (χ0) is 19.1. The zero-order valence-corrected chi connectivity index (χ0v) is 14.3. The summed E-state index contributed by atoms with van der Waals surface area (Å²) in [5, 5.41) is 11.3. The van der Waals surface area contributed by atoms with Crippen LogP contribution in [0.5, 0.6) is 0 Å². The number of halogens is 2. The number of carbonyl (C=O) groups is 1. The molecule has 0 bridgehead atoms. The summed E-state index contributed by atoms with van der Waals surface area (Å²) in [4.78, 5) is 15.9. The molecule has 1 aliphatic carbocycles. The van der Waals surface area contributed by atoms with Crippen LogP contribution in [0, 0.1) is 11.6 Å². The molecule has 1 aromatic carbocycles. The van der Waals surface area contributed by atoms with Gasteiger partial charge in [-0.15, -0.1) is 0 Å². The molecule has 0 fully saturated rings. The van der Waals surface area contributed by atoms with Crippen LogP contribution in [-0.2, 0) is 4.79 Å². The fourth-order valence-electron chi connectivity index (χ4n) is 3.25. The molecule has 1 aliphatic heterocycles. The van der Waals surface area contributed by atoms with E-state index >= 15 is 0 Å². The van der Waals surface area contributed by atoms with Crippen molar-refractivity contribution in [2.24, 2.45) is 0 Å². The van der Waals surface area contributed by atoms with Crippen molar-refractivity contribution >= 4 is 17.6 Å². The Morgan fingerprint density at radius 2 is 1.89 bits per heavy atom. The molecule has 1 aromatic heterocycles. The summed E-state index contributed by atoms with van der Waals surface area (Å²) in [5.41, 5.74) is 3.48. The first-order valence-corrected chi connectivity index (χ1v) is 8.22. The van der Waals surface area contributed by atoms with Gasteiger partial charge in [-0.05, 0) is 60.6 Å². The maximum atomic E-state index is 14.3. The first kappa shape index (κ1) is 17.1. The minimum Gasteiger partial charge on any atom is -0.290 e. The Bertz CT molecular complexity index is 1100. The summed E-state index contributed by atoms with van der Waals surface area (Å²) in [6.45, 7) is 1.76. The Balaban J connectivity index is 1.96. The molecule has 0 spiro atoms. The summed E-state index contributed by atoms with van der Waals surface area (Å²) in [7, 11) is 0. The Kier molecular flexibility index (Phi) is 4.05. The van der Waals surface area contributed by atoms with Crippen LogP contribution >= 0.6 is 0 Å². The highest BCUT2D eigenvalue weighted by molar-refractivity contribution is 6.03. The molecule has 2 aromatic rings. The minimum atomic E-state index is -0.684. The van der Waals surface area contributed by atoms with E-state index in [1.165, 1.54) is 36.7 Å². The van der Waals surface area contributed by atoms with E-state index in [0.717, 1.165) is 11.1 Å². The van der Waals surface area contributed by atoms with Crippen molar-refractivity contribution in [3.05, 3.63) is 88.9 Å². The Labute approximate surface area is 154 Å². The first-order valence-electron chi connectivity index (χ1n) is 8.22. The third-order valence-corrected chi connectivity index (χ3v) is 4.50. The van der Waals surface area contributed by atoms with E-state index in [-0.39, 0.29) is 11.3 Å². The van der Waals surface area contributed by atoms with Crippen molar-refractivity contribution < 1.29 is 18.8 Å². The van der Waals surface area contributed by atoms with E-state index in [1.807, 2.05) is 0 Å². The van der Waals surface area contributed by atoms with Gasteiger partial charge < -0.3 is 0 Å². The number of ketones is 1.